The Kier molecular flexibility index (Phi) is 8.07. The lowest BCUT2D eigenvalue weighted by Gasteiger charge is -2.13. The average molecular weight is 462 g/mol. The molecule has 0 spiro atoms. The third kappa shape index (κ3) is 6.31. The maximum atomic E-state index is 9.45. The summed E-state index contributed by atoms with van der Waals surface area (Å²) in [4.78, 5) is 13.1. The molecule has 0 saturated heterocycles. The molecule has 1 aromatic heterocycles. The van der Waals surface area contributed by atoms with Crippen molar-refractivity contribution in [1.82, 2.24) is 4.98 Å². The Morgan fingerprint density at radius 3 is 2.44 bits per heavy atom. The van der Waals surface area contributed by atoms with Crippen LogP contribution in [0.15, 0.2) is 66.7 Å². The molecule has 4 aromatic rings. The predicted molar refractivity (Wildman–Crippen MR) is 133 cm³/mol. The van der Waals surface area contributed by atoms with Crippen LogP contribution in [0.5, 0.6) is 23.0 Å². The maximum absolute atomic E-state index is 9.45. The van der Waals surface area contributed by atoms with E-state index in [1.54, 1.807) is 24.3 Å². The summed E-state index contributed by atoms with van der Waals surface area (Å²) in [5.74, 6) is 2.54. The van der Waals surface area contributed by atoms with Crippen LogP contribution in [0.2, 0.25) is 0 Å². The molecule has 0 aliphatic rings. The van der Waals surface area contributed by atoms with Gasteiger partial charge in [0.05, 0.1) is 20.3 Å². The topological polar surface area (TPSA) is 72.9 Å². The molecule has 0 radical (unpaired) electrons. The van der Waals surface area contributed by atoms with Crippen LogP contribution in [0.3, 0.4) is 0 Å². The first-order valence-electron chi connectivity index (χ1n) is 11.6. The molecule has 4 rings (SSSR count). The number of aromatic nitrogens is 1. The van der Waals surface area contributed by atoms with Crippen LogP contribution in [0.4, 0.5) is 0 Å². The summed E-state index contributed by atoms with van der Waals surface area (Å²) >= 11 is 0. The second-order valence-electron chi connectivity index (χ2n) is 8.17. The third-order valence-electron chi connectivity index (χ3n) is 5.59. The van der Waals surface area contributed by atoms with Gasteiger partial charge < -0.3 is 19.6 Å². The van der Waals surface area contributed by atoms with E-state index in [0.717, 1.165) is 54.0 Å². The SMILES string of the molecule is CCCc1cc(Oc2ccc(O)cc2)ccc1OCCc1cc2cc(CCOOC)ccc2[nH]1. The molecule has 3 aromatic carbocycles. The molecule has 0 bridgehead atoms. The fourth-order valence-corrected chi connectivity index (χ4v) is 3.92. The number of H-pyrrole nitrogens is 1. The van der Waals surface area contributed by atoms with Crippen LogP contribution in [0.25, 0.3) is 10.9 Å². The van der Waals surface area contributed by atoms with Gasteiger partial charge in [0.25, 0.3) is 0 Å². The van der Waals surface area contributed by atoms with Crippen LogP contribution in [-0.2, 0) is 29.0 Å². The number of phenolic OH excluding ortho intramolecular Hbond substituents is 1. The highest BCUT2D eigenvalue weighted by Gasteiger charge is 2.08. The Balaban J connectivity index is 1.37. The monoisotopic (exact) mass is 461 g/mol. The van der Waals surface area contributed by atoms with E-state index in [-0.39, 0.29) is 5.75 Å². The number of aryl methyl sites for hydroxylation is 1. The minimum Gasteiger partial charge on any atom is -0.508 e. The zero-order chi connectivity index (χ0) is 23.8. The van der Waals surface area contributed by atoms with Crippen molar-refractivity contribution in [2.24, 2.45) is 0 Å². The molecular formula is C28H31NO5. The molecule has 0 aliphatic carbocycles. The molecule has 34 heavy (non-hydrogen) atoms. The standard InChI is InChI=1S/C28H31NO5/c1-3-4-21-19-26(34-25-8-6-24(30)7-9-25)10-12-28(21)32-15-14-23-18-22-17-20(13-16-33-31-2)5-11-27(22)29-23/h5-12,17-19,29-30H,3-4,13-16H2,1-2H3. The van der Waals surface area contributed by atoms with E-state index in [2.05, 4.69) is 41.1 Å². The number of benzene rings is 3. The minimum absolute atomic E-state index is 0.217. The molecule has 0 aliphatic heterocycles. The van der Waals surface area contributed by atoms with E-state index in [9.17, 15) is 5.11 Å². The van der Waals surface area contributed by atoms with E-state index in [0.29, 0.717) is 19.0 Å². The second-order valence-corrected chi connectivity index (χ2v) is 8.17. The van der Waals surface area contributed by atoms with E-state index in [4.69, 9.17) is 14.4 Å². The van der Waals surface area contributed by atoms with Crippen molar-refractivity contribution in [2.45, 2.75) is 32.6 Å². The lowest BCUT2D eigenvalue weighted by atomic mass is 10.1. The molecule has 178 valence electrons. The van der Waals surface area contributed by atoms with Crippen LogP contribution < -0.4 is 9.47 Å². The van der Waals surface area contributed by atoms with E-state index in [1.165, 1.54) is 18.1 Å². The van der Waals surface area contributed by atoms with Gasteiger partial charge in [-0.2, -0.15) is 0 Å². The van der Waals surface area contributed by atoms with Crippen LogP contribution in [0.1, 0.15) is 30.2 Å². The lowest BCUT2D eigenvalue weighted by Crippen LogP contribution is -2.04. The Labute approximate surface area is 200 Å². The van der Waals surface area contributed by atoms with Crippen molar-refractivity contribution in [3.05, 3.63) is 83.6 Å². The number of aromatic hydroxyl groups is 1. The summed E-state index contributed by atoms with van der Waals surface area (Å²) in [6.07, 6.45) is 3.51. The molecule has 0 fully saturated rings. The quantitative estimate of drug-likeness (QED) is 0.146. The highest BCUT2D eigenvalue weighted by atomic mass is 17.2. The number of nitrogens with one attached hydrogen (secondary N) is 1. The van der Waals surface area contributed by atoms with Crippen LogP contribution in [-0.4, -0.2) is 30.4 Å². The van der Waals surface area contributed by atoms with Gasteiger partial charge in [0.15, 0.2) is 0 Å². The number of ether oxygens (including phenoxy) is 2. The van der Waals surface area contributed by atoms with E-state index >= 15 is 0 Å². The number of fused-ring (bicyclic) bond motifs is 1. The fraction of sp³-hybridized carbons (Fsp3) is 0.286. The Bertz CT molecular complexity index is 1200. The summed E-state index contributed by atoms with van der Waals surface area (Å²) in [6.45, 7) is 3.26. The zero-order valence-electron chi connectivity index (χ0n) is 19.7. The van der Waals surface area contributed by atoms with Gasteiger partial charge in [-0.25, -0.2) is 9.78 Å². The maximum Gasteiger partial charge on any atom is 0.127 e. The van der Waals surface area contributed by atoms with Crippen LogP contribution >= 0.6 is 0 Å². The molecule has 2 N–H and O–H groups in total. The van der Waals surface area contributed by atoms with Gasteiger partial charge in [-0.05, 0) is 90.0 Å². The van der Waals surface area contributed by atoms with Gasteiger partial charge in [0.2, 0.25) is 0 Å². The molecule has 1 heterocycles. The normalized spacial score (nSPS) is 11.1. The van der Waals surface area contributed by atoms with Gasteiger partial charge in [0, 0.05) is 17.6 Å². The predicted octanol–water partition coefficient (Wildman–Crippen LogP) is 6.36. The number of phenols is 1. The molecule has 0 amide bonds. The summed E-state index contributed by atoms with van der Waals surface area (Å²) in [7, 11) is 1.52. The van der Waals surface area contributed by atoms with Crippen molar-refractivity contribution in [1.29, 1.82) is 0 Å². The Hall–Kier alpha value is -3.48. The summed E-state index contributed by atoms with van der Waals surface area (Å²) < 4.78 is 12.1. The minimum atomic E-state index is 0.217. The molecule has 6 nitrogen and oxygen atoms in total. The average Bonchev–Trinajstić information content (AvgIpc) is 3.24. The second kappa shape index (κ2) is 11.6. The Morgan fingerprint density at radius 2 is 1.65 bits per heavy atom. The van der Waals surface area contributed by atoms with Crippen molar-refractivity contribution in [3.8, 4) is 23.0 Å². The first kappa shape index (κ1) is 23.7. The molecular weight excluding hydrogens is 430 g/mol. The number of aromatic amines is 1. The van der Waals surface area contributed by atoms with Crippen molar-refractivity contribution in [2.75, 3.05) is 20.3 Å². The molecule has 0 atom stereocenters. The van der Waals surface area contributed by atoms with Crippen molar-refractivity contribution in [3.63, 3.8) is 0 Å². The summed E-state index contributed by atoms with van der Waals surface area (Å²) in [6, 6.07) is 21.2. The summed E-state index contributed by atoms with van der Waals surface area (Å²) in [5, 5.41) is 10.6. The molecule has 6 heteroatoms. The van der Waals surface area contributed by atoms with Gasteiger partial charge in [-0.15, -0.1) is 0 Å². The van der Waals surface area contributed by atoms with Gasteiger partial charge in [-0.3, -0.25) is 0 Å². The first-order chi connectivity index (χ1) is 16.6. The number of hydrogen-bond acceptors (Lipinski definition) is 5. The van der Waals surface area contributed by atoms with Gasteiger partial charge in [0.1, 0.15) is 23.0 Å². The first-order valence-corrected chi connectivity index (χ1v) is 11.6. The fourth-order valence-electron chi connectivity index (χ4n) is 3.92. The summed E-state index contributed by atoms with van der Waals surface area (Å²) in [5.41, 5.74) is 4.60. The highest BCUT2D eigenvalue weighted by Crippen LogP contribution is 2.30. The van der Waals surface area contributed by atoms with Crippen LogP contribution in [0, 0.1) is 0 Å². The smallest absolute Gasteiger partial charge is 0.127 e. The van der Waals surface area contributed by atoms with Crippen molar-refractivity contribution >= 4 is 10.9 Å². The zero-order valence-corrected chi connectivity index (χ0v) is 19.7. The van der Waals surface area contributed by atoms with E-state index in [1.807, 2.05) is 18.2 Å². The molecule has 0 saturated carbocycles. The lowest BCUT2D eigenvalue weighted by molar-refractivity contribution is -0.271. The largest absolute Gasteiger partial charge is 0.508 e. The Morgan fingerprint density at radius 1 is 0.824 bits per heavy atom. The van der Waals surface area contributed by atoms with Crippen molar-refractivity contribution < 1.29 is 24.4 Å². The highest BCUT2D eigenvalue weighted by molar-refractivity contribution is 5.81. The van der Waals surface area contributed by atoms with Gasteiger partial charge >= 0.3 is 0 Å². The third-order valence-corrected chi connectivity index (χ3v) is 5.59. The molecule has 0 unspecified atom stereocenters. The van der Waals surface area contributed by atoms with Gasteiger partial charge in [-0.1, -0.05) is 19.4 Å². The number of hydrogen-bond donors (Lipinski definition) is 2. The van der Waals surface area contributed by atoms with E-state index < -0.39 is 0 Å². The number of rotatable bonds is 12.